The Kier molecular flexibility index (Phi) is 7.43. The van der Waals surface area contributed by atoms with Crippen LogP contribution in [0.3, 0.4) is 0 Å². The Balaban J connectivity index is 2.04. The van der Waals surface area contributed by atoms with Crippen molar-refractivity contribution in [2.45, 2.75) is 45.7 Å². The number of hydrogen-bond acceptors (Lipinski definition) is 4. The van der Waals surface area contributed by atoms with E-state index < -0.39 is 11.2 Å². The molecule has 3 N–H and O–H groups in total. The molecule has 31 heavy (non-hydrogen) atoms. The van der Waals surface area contributed by atoms with Crippen LogP contribution in [-0.4, -0.2) is 15.5 Å². The van der Waals surface area contributed by atoms with E-state index >= 15 is 0 Å². The van der Waals surface area contributed by atoms with Gasteiger partial charge < -0.3 is 10.6 Å². The normalized spacial score (nSPS) is 10.7. The molecule has 7 heteroatoms. The lowest BCUT2D eigenvalue weighted by Crippen LogP contribution is -2.41. The number of anilines is 2. The second kappa shape index (κ2) is 10.4. The first-order chi connectivity index (χ1) is 15.0. The SMILES string of the molecule is CCCCCC(=O)N(Cc1ccccc1)c1c(N)n(Cc2ccccc2)c(=O)[nH]c1=O. The predicted molar refractivity (Wildman–Crippen MR) is 123 cm³/mol. The number of rotatable bonds is 9. The van der Waals surface area contributed by atoms with Gasteiger partial charge in [-0.3, -0.25) is 19.1 Å². The molecule has 0 unspecified atom stereocenters. The Morgan fingerprint density at radius 2 is 1.58 bits per heavy atom. The first kappa shape index (κ1) is 22.1. The van der Waals surface area contributed by atoms with E-state index in [-0.39, 0.29) is 30.5 Å². The van der Waals surface area contributed by atoms with Crippen LogP contribution in [0.4, 0.5) is 11.5 Å². The lowest BCUT2D eigenvalue weighted by Gasteiger charge is -2.25. The summed E-state index contributed by atoms with van der Waals surface area (Å²) in [5, 5.41) is 0. The highest BCUT2D eigenvalue weighted by Gasteiger charge is 2.24. The highest BCUT2D eigenvalue weighted by molar-refractivity contribution is 5.95. The first-order valence-corrected chi connectivity index (χ1v) is 10.5. The fraction of sp³-hybridized carbons (Fsp3) is 0.292. The van der Waals surface area contributed by atoms with Gasteiger partial charge in [-0.2, -0.15) is 0 Å². The molecule has 0 aliphatic rings. The maximum Gasteiger partial charge on any atom is 0.330 e. The monoisotopic (exact) mass is 420 g/mol. The van der Waals surface area contributed by atoms with E-state index in [4.69, 9.17) is 5.73 Å². The molecule has 0 radical (unpaired) electrons. The summed E-state index contributed by atoms with van der Waals surface area (Å²) < 4.78 is 1.30. The van der Waals surface area contributed by atoms with Crippen molar-refractivity contribution in [3.05, 3.63) is 92.6 Å². The van der Waals surface area contributed by atoms with Gasteiger partial charge in [-0.25, -0.2) is 4.79 Å². The first-order valence-electron chi connectivity index (χ1n) is 10.5. The average Bonchev–Trinajstić information content (AvgIpc) is 2.77. The van der Waals surface area contributed by atoms with Gasteiger partial charge in [0.1, 0.15) is 5.82 Å². The van der Waals surface area contributed by atoms with E-state index in [1.807, 2.05) is 60.7 Å². The van der Waals surface area contributed by atoms with Crippen molar-refractivity contribution in [3.63, 3.8) is 0 Å². The number of carbonyl (C=O) groups excluding carboxylic acids is 1. The molecule has 0 atom stereocenters. The van der Waals surface area contributed by atoms with Crippen LogP contribution < -0.4 is 21.9 Å². The Labute approximate surface area is 181 Å². The zero-order valence-corrected chi connectivity index (χ0v) is 17.7. The summed E-state index contributed by atoms with van der Waals surface area (Å²) in [4.78, 5) is 42.1. The third kappa shape index (κ3) is 5.51. The van der Waals surface area contributed by atoms with Crippen LogP contribution in [0.15, 0.2) is 70.3 Å². The smallest absolute Gasteiger partial charge is 0.330 e. The number of benzene rings is 2. The highest BCUT2D eigenvalue weighted by atomic mass is 16.2. The van der Waals surface area contributed by atoms with Crippen LogP contribution in [0.1, 0.15) is 43.7 Å². The summed E-state index contributed by atoms with van der Waals surface area (Å²) >= 11 is 0. The van der Waals surface area contributed by atoms with Crippen molar-refractivity contribution in [2.24, 2.45) is 0 Å². The van der Waals surface area contributed by atoms with Gasteiger partial charge in [0, 0.05) is 6.42 Å². The second-order valence-corrected chi connectivity index (χ2v) is 7.49. The minimum Gasteiger partial charge on any atom is -0.383 e. The van der Waals surface area contributed by atoms with Gasteiger partial charge in [0.25, 0.3) is 5.56 Å². The minimum absolute atomic E-state index is 0.0147. The Hall–Kier alpha value is -3.61. The molecule has 2 aromatic carbocycles. The van der Waals surface area contributed by atoms with Gasteiger partial charge in [-0.1, -0.05) is 80.4 Å². The number of H-pyrrole nitrogens is 1. The number of carbonyl (C=O) groups is 1. The largest absolute Gasteiger partial charge is 0.383 e. The molecule has 0 aliphatic carbocycles. The van der Waals surface area contributed by atoms with Crippen LogP contribution in [0.2, 0.25) is 0 Å². The number of nitrogens with one attached hydrogen (secondary N) is 1. The molecule has 7 nitrogen and oxygen atoms in total. The van der Waals surface area contributed by atoms with Gasteiger partial charge in [0.2, 0.25) is 5.91 Å². The highest BCUT2D eigenvalue weighted by Crippen LogP contribution is 2.22. The Morgan fingerprint density at radius 1 is 0.968 bits per heavy atom. The number of nitrogens with two attached hydrogens (primary N) is 1. The van der Waals surface area contributed by atoms with Gasteiger partial charge >= 0.3 is 5.69 Å². The van der Waals surface area contributed by atoms with Crippen molar-refractivity contribution in [1.29, 1.82) is 0 Å². The molecular formula is C24H28N4O3. The molecule has 3 rings (SSSR count). The Bertz CT molecular complexity index is 1120. The maximum atomic E-state index is 13.1. The number of nitrogens with zero attached hydrogens (tertiary/aromatic N) is 2. The summed E-state index contributed by atoms with van der Waals surface area (Å²) in [5.74, 6) is -0.211. The number of nitrogen functional groups attached to an aromatic ring is 1. The lowest BCUT2D eigenvalue weighted by atomic mass is 10.1. The summed E-state index contributed by atoms with van der Waals surface area (Å²) in [5.41, 5.74) is 6.81. The third-order valence-corrected chi connectivity index (χ3v) is 5.15. The molecule has 0 spiro atoms. The average molecular weight is 421 g/mol. The molecule has 1 amide bonds. The number of unbranched alkanes of at least 4 members (excludes halogenated alkanes) is 2. The number of aromatic amines is 1. The van der Waals surface area contributed by atoms with E-state index in [9.17, 15) is 14.4 Å². The molecule has 1 aromatic heterocycles. The quantitative estimate of drug-likeness (QED) is 0.519. The fourth-order valence-electron chi connectivity index (χ4n) is 3.48. The minimum atomic E-state index is -0.661. The molecule has 0 saturated heterocycles. The summed E-state index contributed by atoms with van der Waals surface area (Å²) in [6, 6.07) is 18.8. The Morgan fingerprint density at radius 3 is 2.19 bits per heavy atom. The molecule has 0 fully saturated rings. The summed E-state index contributed by atoms with van der Waals surface area (Å²) in [7, 11) is 0. The van der Waals surface area contributed by atoms with Gasteiger partial charge in [0.15, 0.2) is 5.69 Å². The van der Waals surface area contributed by atoms with Crippen LogP contribution in [0, 0.1) is 0 Å². The fourth-order valence-corrected chi connectivity index (χ4v) is 3.48. The van der Waals surface area contributed by atoms with E-state index in [1.165, 1.54) is 9.47 Å². The number of aromatic nitrogens is 2. The van der Waals surface area contributed by atoms with Crippen LogP contribution >= 0.6 is 0 Å². The van der Waals surface area contributed by atoms with E-state index in [0.29, 0.717) is 6.42 Å². The van der Waals surface area contributed by atoms with Crippen LogP contribution in [0.25, 0.3) is 0 Å². The van der Waals surface area contributed by atoms with Gasteiger partial charge in [-0.15, -0.1) is 0 Å². The zero-order valence-electron chi connectivity index (χ0n) is 17.7. The van der Waals surface area contributed by atoms with Crippen molar-refractivity contribution >= 4 is 17.4 Å². The topological polar surface area (TPSA) is 101 Å². The van der Waals surface area contributed by atoms with Crippen molar-refractivity contribution in [1.82, 2.24) is 9.55 Å². The van der Waals surface area contributed by atoms with E-state index in [2.05, 4.69) is 11.9 Å². The molecule has 1 heterocycles. The molecule has 162 valence electrons. The molecule has 0 saturated carbocycles. The molecule has 0 aliphatic heterocycles. The molecule has 3 aromatic rings. The van der Waals surface area contributed by atoms with Crippen LogP contribution in [0.5, 0.6) is 0 Å². The van der Waals surface area contributed by atoms with Gasteiger partial charge in [-0.05, 0) is 17.5 Å². The predicted octanol–water partition coefficient (Wildman–Crippen LogP) is 3.28. The van der Waals surface area contributed by atoms with Crippen LogP contribution in [-0.2, 0) is 17.9 Å². The lowest BCUT2D eigenvalue weighted by molar-refractivity contribution is -0.118. The van der Waals surface area contributed by atoms with Crippen molar-refractivity contribution in [3.8, 4) is 0 Å². The summed E-state index contributed by atoms with van der Waals surface area (Å²) in [6.45, 7) is 2.45. The number of amides is 1. The molecular weight excluding hydrogens is 392 g/mol. The van der Waals surface area contributed by atoms with E-state index in [1.54, 1.807) is 0 Å². The van der Waals surface area contributed by atoms with Gasteiger partial charge in [0.05, 0.1) is 13.1 Å². The molecule has 0 bridgehead atoms. The summed E-state index contributed by atoms with van der Waals surface area (Å²) in [6.07, 6.45) is 2.93. The maximum absolute atomic E-state index is 13.1. The van der Waals surface area contributed by atoms with E-state index in [0.717, 1.165) is 30.4 Å². The second-order valence-electron chi connectivity index (χ2n) is 7.49. The zero-order chi connectivity index (χ0) is 22.2. The number of hydrogen-bond donors (Lipinski definition) is 2. The third-order valence-electron chi connectivity index (χ3n) is 5.15. The van der Waals surface area contributed by atoms with Crippen molar-refractivity contribution < 1.29 is 4.79 Å². The standard InChI is InChI=1S/C24H28N4O3/c1-2-3-6-15-20(29)27(16-18-11-7-4-8-12-18)21-22(25)28(24(31)26-23(21)30)17-19-13-9-5-10-14-19/h4-5,7-14H,2-3,6,15-17,25H2,1H3,(H,26,30,31). The van der Waals surface area contributed by atoms with Crippen molar-refractivity contribution in [2.75, 3.05) is 10.6 Å².